The normalized spacial score (nSPS) is 10.2. The molecule has 0 aliphatic carbocycles. The van der Waals surface area contributed by atoms with Crippen molar-refractivity contribution < 1.29 is 4.79 Å². The number of aryl methyl sites for hydroxylation is 1. The Morgan fingerprint density at radius 2 is 1.89 bits per heavy atom. The largest absolute Gasteiger partial charge is 0.399 e. The van der Waals surface area contributed by atoms with E-state index in [2.05, 4.69) is 5.32 Å². The Bertz CT molecular complexity index is 605. The van der Waals surface area contributed by atoms with Crippen LogP contribution in [-0.2, 0) is 11.2 Å². The fourth-order valence-corrected chi connectivity index (χ4v) is 1.97. The Balaban J connectivity index is 2.08. The van der Waals surface area contributed by atoms with Crippen LogP contribution in [0.2, 0.25) is 0 Å². The molecule has 3 nitrogen and oxygen atoms in total. The maximum atomic E-state index is 12.0. The minimum absolute atomic E-state index is 0.0284. The third kappa shape index (κ3) is 3.35. The van der Waals surface area contributed by atoms with Crippen LogP contribution in [0.4, 0.5) is 11.4 Å². The van der Waals surface area contributed by atoms with Crippen LogP contribution < -0.4 is 11.1 Å². The number of nitrogens with one attached hydrogen (secondary N) is 1. The SMILES string of the molecule is Cc1cccc(NC(=O)Cc2cccc(N)c2)c1C. The summed E-state index contributed by atoms with van der Waals surface area (Å²) >= 11 is 0. The van der Waals surface area contributed by atoms with E-state index >= 15 is 0 Å². The molecule has 2 rings (SSSR count). The van der Waals surface area contributed by atoms with E-state index in [0.717, 1.165) is 16.8 Å². The van der Waals surface area contributed by atoms with Crippen molar-refractivity contribution in [2.75, 3.05) is 11.1 Å². The second-order valence-electron chi connectivity index (χ2n) is 4.72. The number of rotatable bonds is 3. The lowest BCUT2D eigenvalue weighted by Crippen LogP contribution is -2.15. The summed E-state index contributed by atoms with van der Waals surface area (Å²) < 4.78 is 0. The lowest BCUT2D eigenvalue weighted by atomic mass is 10.1. The van der Waals surface area contributed by atoms with E-state index in [1.807, 2.05) is 56.3 Å². The van der Waals surface area contributed by atoms with Gasteiger partial charge in [-0.3, -0.25) is 4.79 Å². The molecule has 0 aliphatic rings. The zero-order valence-electron chi connectivity index (χ0n) is 11.2. The van der Waals surface area contributed by atoms with Crippen LogP contribution in [0.15, 0.2) is 42.5 Å². The van der Waals surface area contributed by atoms with Crippen molar-refractivity contribution in [3.05, 3.63) is 59.2 Å². The van der Waals surface area contributed by atoms with Gasteiger partial charge in [-0.05, 0) is 48.7 Å². The highest BCUT2D eigenvalue weighted by Crippen LogP contribution is 2.18. The monoisotopic (exact) mass is 254 g/mol. The average molecular weight is 254 g/mol. The van der Waals surface area contributed by atoms with Crippen molar-refractivity contribution in [2.45, 2.75) is 20.3 Å². The standard InChI is InChI=1S/C16H18N2O/c1-11-5-3-8-15(12(11)2)18-16(19)10-13-6-4-7-14(17)9-13/h3-9H,10,17H2,1-2H3,(H,18,19). The number of benzene rings is 2. The van der Waals surface area contributed by atoms with Gasteiger partial charge in [0.1, 0.15) is 0 Å². The predicted molar refractivity (Wildman–Crippen MR) is 79.1 cm³/mol. The fourth-order valence-electron chi connectivity index (χ4n) is 1.97. The maximum absolute atomic E-state index is 12.0. The van der Waals surface area contributed by atoms with Gasteiger partial charge in [-0.15, -0.1) is 0 Å². The molecule has 0 radical (unpaired) electrons. The Labute approximate surface area is 113 Å². The Kier molecular flexibility index (Phi) is 3.85. The second-order valence-corrected chi connectivity index (χ2v) is 4.72. The zero-order chi connectivity index (χ0) is 13.8. The van der Waals surface area contributed by atoms with Crippen molar-refractivity contribution >= 4 is 17.3 Å². The molecule has 0 heterocycles. The van der Waals surface area contributed by atoms with E-state index in [1.54, 1.807) is 0 Å². The molecule has 0 unspecified atom stereocenters. The van der Waals surface area contributed by atoms with Gasteiger partial charge in [0.25, 0.3) is 0 Å². The maximum Gasteiger partial charge on any atom is 0.228 e. The van der Waals surface area contributed by atoms with Gasteiger partial charge in [0.05, 0.1) is 6.42 Å². The van der Waals surface area contributed by atoms with Crippen LogP contribution >= 0.6 is 0 Å². The number of nitrogen functional groups attached to an aromatic ring is 1. The molecule has 19 heavy (non-hydrogen) atoms. The molecule has 0 aliphatic heterocycles. The quantitative estimate of drug-likeness (QED) is 0.827. The van der Waals surface area contributed by atoms with Gasteiger partial charge in [0, 0.05) is 11.4 Å². The summed E-state index contributed by atoms with van der Waals surface area (Å²) in [5.41, 5.74) is 10.4. The molecular weight excluding hydrogens is 236 g/mol. The molecule has 0 aromatic heterocycles. The highest BCUT2D eigenvalue weighted by atomic mass is 16.1. The highest BCUT2D eigenvalue weighted by Gasteiger charge is 2.07. The number of hydrogen-bond acceptors (Lipinski definition) is 2. The van der Waals surface area contributed by atoms with Crippen molar-refractivity contribution in [3.8, 4) is 0 Å². The predicted octanol–water partition coefficient (Wildman–Crippen LogP) is 3.07. The van der Waals surface area contributed by atoms with Crippen LogP contribution in [0.25, 0.3) is 0 Å². The lowest BCUT2D eigenvalue weighted by Gasteiger charge is -2.10. The molecule has 0 atom stereocenters. The van der Waals surface area contributed by atoms with E-state index in [9.17, 15) is 4.79 Å². The summed E-state index contributed by atoms with van der Waals surface area (Å²) in [7, 11) is 0. The first kappa shape index (κ1) is 13.1. The lowest BCUT2D eigenvalue weighted by molar-refractivity contribution is -0.115. The fraction of sp³-hybridized carbons (Fsp3) is 0.188. The van der Waals surface area contributed by atoms with Crippen LogP contribution in [0.3, 0.4) is 0 Å². The van der Waals surface area contributed by atoms with Crippen LogP contribution in [0.5, 0.6) is 0 Å². The van der Waals surface area contributed by atoms with Crippen LogP contribution in [0.1, 0.15) is 16.7 Å². The van der Waals surface area contributed by atoms with Gasteiger partial charge in [-0.25, -0.2) is 0 Å². The van der Waals surface area contributed by atoms with Gasteiger partial charge >= 0.3 is 0 Å². The minimum Gasteiger partial charge on any atom is -0.399 e. The topological polar surface area (TPSA) is 55.1 Å². The van der Waals surface area contributed by atoms with Crippen molar-refractivity contribution in [2.24, 2.45) is 0 Å². The number of amides is 1. The van der Waals surface area contributed by atoms with Crippen molar-refractivity contribution in [3.63, 3.8) is 0 Å². The molecular formula is C16H18N2O. The summed E-state index contributed by atoms with van der Waals surface area (Å²) in [6.07, 6.45) is 0.332. The van der Waals surface area contributed by atoms with Crippen LogP contribution in [-0.4, -0.2) is 5.91 Å². The Morgan fingerprint density at radius 1 is 1.16 bits per heavy atom. The molecule has 2 aromatic rings. The summed E-state index contributed by atoms with van der Waals surface area (Å²) in [6, 6.07) is 13.3. The van der Waals surface area contributed by atoms with Crippen molar-refractivity contribution in [1.29, 1.82) is 0 Å². The first-order valence-electron chi connectivity index (χ1n) is 6.27. The number of carbonyl (C=O) groups is 1. The van der Waals surface area contributed by atoms with E-state index in [-0.39, 0.29) is 5.91 Å². The molecule has 3 heteroatoms. The zero-order valence-corrected chi connectivity index (χ0v) is 11.2. The van der Waals surface area contributed by atoms with E-state index in [0.29, 0.717) is 12.1 Å². The summed E-state index contributed by atoms with van der Waals surface area (Å²) in [5.74, 6) is -0.0284. The smallest absolute Gasteiger partial charge is 0.228 e. The number of hydrogen-bond donors (Lipinski definition) is 2. The molecule has 0 bridgehead atoms. The number of carbonyl (C=O) groups excluding carboxylic acids is 1. The average Bonchev–Trinajstić information content (AvgIpc) is 2.35. The van der Waals surface area contributed by atoms with Crippen LogP contribution in [0, 0.1) is 13.8 Å². The first-order chi connectivity index (χ1) is 9.06. The summed E-state index contributed by atoms with van der Waals surface area (Å²) in [4.78, 5) is 12.0. The molecule has 0 saturated heterocycles. The van der Waals surface area contributed by atoms with Crippen molar-refractivity contribution in [1.82, 2.24) is 0 Å². The second kappa shape index (κ2) is 5.57. The molecule has 98 valence electrons. The van der Waals surface area contributed by atoms with Gasteiger partial charge in [0.15, 0.2) is 0 Å². The summed E-state index contributed by atoms with van der Waals surface area (Å²) in [5, 5.41) is 2.94. The third-order valence-electron chi connectivity index (χ3n) is 3.19. The highest BCUT2D eigenvalue weighted by molar-refractivity contribution is 5.93. The third-order valence-corrected chi connectivity index (χ3v) is 3.19. The first-order valence-corrected chi connectivity index (χ1v) is 6.27. The van der Waals surface area contributed by atoms with Gasteiger partial charge in [0.2, 0.25) is 5.91 Å². The van der Waals surface area contributed by atoms with Gasteiger partial charge < -0.3 is 11.1 Å². The minimum atomic E-state index is -0.0284. The number of anilines is 2. The Hall–Kier alpha value is -2.29. The number of nitrogens with two attached hydrogens (primary N) is 1. The molecule has 3 N–H and O–H groups in total. The van der Waals surface area contributed by atoms with E-state index < -0.39 is 0 Å². The molecule has 0 spiro atoms. The van der Waals surface area contributed by atoms with E-state index in [1.165, 1.54) is 5.56 Å². The molecule has 0 saturated carbocycles. The summed E-state index contributed by atoms with van der Waals surface area (Å²) in [6.45, 7) is 4.04. The molecule has 1 amide bonds. The molecule has 2 aromatic carbocycles. The van der Waals surface area contributed by atoms with Gasteiger partial charge in [-0.2, -0.15) is 0 Å². The van der Waals surface area contributed by atoms with Gasteiger partial charge in [-0.1, -0.05) is 24.3 Å². The Morgan fingerprint density at radius 3 is 2.63 bits per heavy atom. The van der Waals surface area contributed by atoms with E-state index in [4.69, 9.17) is 5.73 Å². The molecule has 0 fully saturated rings.